The van der Waals surface area contributed by atoms with Crippen molar-refractivity contribution in [2.75, 3.05) is 0 Å². The molecule has 0 N–H and O–H groups in total. The molecule has 2 aromatic rings. The number of hydrogen-bond donors (Lipinski definition) is 0. The Bertz CT molecular complexity index is 495. The molecule has 0 aliphatic heterocycles. The fourth-order valence-corrected chi connectivity index (χ4v) is 1.45. The highest BCUT2D eigenvalue weighted by Gasteiger charge is 2.06. The van der Waals surface area contributed by atoms with E-state index in [0.717, 1.165) is 17.3 Å². The van der Waals surface area contributed by atoms with Gasteiger partial charge in [0.25, 0.3) is 0 Å². The first-order valence-electron chi connectivity index (χ1n) is 5.55. The Hall–Kier alpha value is -1.77. The molecule has 3 heteroatoms. The minimum atomic E-state index is -0.837. The van der Waals surface area contributed by atoms with Crippen molar-refractivity contribution in [2.45, 2.75) is 20.8 Å². The summed E-state index contributed by atoms with van der Waals surface area (Å²) in [7, 11) is 0. The van der Waals surface area contributed by atoms with Crippen molar-refractivity contribution >= 4 is 0 Å². The molecule has 0 aliphatic rings. The molecule has 90 valence electrons. The van der Waals surface area contributed by atoms with E-state index in [2.05, 4.69) is 4.98 Å². The third-order valence-corrected chi connectivity index (χ3v) is 2.24. The van der Waals surface area contributed by atoms with Gasteiger partial charge in [0, 0.05) is 17.5 Å². The minimum Gasteiger partial charge on any atom is -0.261 e. The zero-order valence-corrected chi connectivity index (χ0v) is 10.2. The Balaban J connectivity index is 0.000000686. The predicted octanol–water partition coefficient (Wildman–Crippen LogP) is 4.36. The minimum absolute atomic E-state index is 0.638. The zero-order valence-electron chi connectivity index (χ0n) is 10.2. The number of halogens is 2. The van der Waals surface area contributed by atoms with E-state index in [1.165, 1.54) is 6.07 Å². The Labute approximate surface area is 100 Å². The number of hydrogen-bond acceptors (Lipinski definition) is 1. The van der Waals surface area contributed by atoms with Crippen molar-refractivity contribution in [1.29, 1.82) is 0 Å². The van der Waals surface area contributed by atoms with E-state index < -0.39 is 11.6 Å². The maximum absolute atomic E-state index is 13.0. The Kier molecular flexibility index (Phi) is 4.76. The van der Waals surface area contributed by atoms with Gasteiger partial charge in [0.05, 0.1) is 0 Å². The molecule has 0 saturated carbocycles. The van der Waals surface area contributed by atoms with Gasteiger partial charge in [-0.15, -0.1) is 0 Å². The Morgan fingerprint density at radius 3 is 2.29 bits per heavy atom. The maximum atomic E-state index is 13.0. The molecule has 1 aromatic heterocycles. The summed E-state index contributed by atoms with van der Waals surface area (Å²) in [6.45, 7) is 5.83. The van der Waals surface area contributed by atoms with Gasteiger partial charge in [-0.3, -0.25) is 4.98 Å². The highest BCUT2D eigenvalue weighted by Crippen LogP contribution is 2.23. The van der Waals surface area contributed by atoms with E-state index in [1.54, 1.807) is 18.3 Å². The lowest BCUT2D eigenvalue weighted by Crippen LogP contribution is -1.89. The van der Waals surface area contributed by atoms with Crippen LogP contribution in [0.15, 0.2) is 36.5 Å². The molecule has 1 heterocycles. The molecule has 0 spiro atoms. The second-order valence-electron chi connectivity index (χ2n) is 3.27. The van der Waals surface area contributed by atoms with Crippen LogP contribution in [0.2, 0.25) is 0 Å². The second kappa shape index (κ2) is 6.09. The normalized spacial score (nSPS) is 9.47. The molecule has 0 bridgehead atoms. The number of benzene rings is 1. The molecule has 2 rings (SSSR count). The third kappa shape index (κ3) is 3.09. The van der Waals surface area contributed by atoms with Gasteiger partial charge in [-0.25, -0.2) is 8.78 Å². The smallest absolute Gasteiger partial charge is 0.159 e. The van der Waals surface area contributed by atoms with Crippen molar-refractivity contribution in [3.8, 4) is 11.1 Å². The van der Waals surface area contributed by atoms with Crippen molar-refractivity contribution < 1.29 is 8.78 Å². The van der Waals surface area contributed by atoms with Crippen molar-refractivity contribution in [2.24, 2.45) is 0 Å². The summed E-state index contributed by atoms with van der Waals surface area (Å²) >= 11 is 0. The van der Waals surface area contributed by atoms with Crippen LogP contribution in [0.25, 0.3) is 11.1 Å². The second-order valence-corrected chi connectivity index (χ2v) is 3.27. The summed E-state index contributed by atoms with van der Waals surface area (Å²) in [6.07, 6.45) is 1.67. The van der Waals surface area contributed by atoms with Crippen LogP contribution in [0.4, 0.5) is 8.78 Å². The monoisotopic (exact) mass is 235 g/mol. The molecular formula is C14H15F2N. The zero-order chi connectivity index (χ0) is 12.8. The summed E-state index contributed by atoms with van der Waals surface area (Å²) in [5, 5.41) is 0. The van der Waals surface area contributed by atoms with Gasteiger partial charge in [0.1, 0.15) is 0 Å². The highest BCUT2D eigenvalue weighted by molar-refractivity contribution is 5.65. The summed E-state index contributed by atoms with van der Waals surface area (Å²) in [4.78, 5) is 4.09. The number of aryl methyl sites for hydroxylation is 1. The van der Waals surface area contributed by atoms with E-state index in [1.807, 2.05) is 26.8 Å². The molecule has 0 aliphatic carbocycles. The maximum Gasteiger partial charge on any atom is 0.159 e. The Morgan fingerprint density at radius 1 is 1.00 bits per heavy atom. The highest BCUT2D eigenvalue weighted by atomic mass is 19.2. The summed E-state index contributed by atoms with van der Waals surface area (Å²) < 4.78 is 25.7. The van der Waals surface area contributed by atoms with Gasteiger partial charge in [0.2, 0.25) is 0 Å². The lowest BCUT2D eigenvalue weighted by Gasteiger charge is -2.04. The SMILES string of the molecule is CC.Cc1ncccc1-c1ccc(F)c(F)c1. The lowest BCUT2D eigenvalue weighted by molar-refractivity contribution is 0.509. The standard InChI is InChI=1S/C12H9F2N.C2H6/c1-8-10(3-2-6-15-8)9-4-5-11(13)12(14)7-9;1-2/h2-7H,1H3;1-2H3. The molecule has 0 atom stereocenters. The van der Waals surface area contributed by atoms with E-state index >= 15 is 0 Å². The molecule has 17 heavy (non-hydrogen) atoms. The van der Waals surface area contributed by atoms with Crippen LogP contribution in [0.3, 0.4) is 0 Å². The van der Waals surface area contributed by atoms with Gasteiger partial charge in [0.15, 0.2) is 11.6 Å². The fourth-order valence-electron chi connectivity index (χ4n) is 1.45. The first-order chi connectivity index (χ1) is 8.18. The van der Waals surface area contributed by atoms with Crippen LogP contribution in [-0.2, 0) is 0 Å². The molecule has 0 fully saturated rings. The molecule has 1 aromatic carbocycles. The summed E-state index contributed by atoms with van der Waals surface area (Å²) in [5.41, 5.74) is 2.25. The van der Waals surface area contributed by atoms with Gasteiger partial charge < -0.3 is 0 Å². The van der Waals surface area contributed by atoms with Crippen LogP contribution >= 0.6 is 0 Å². The van der Waals surface area contributed by atoms with Crippen LogP contribution in [0.5, 0.6) is 0 Å². The van der Waals surface area contributed by atoms with E-state index in [-0.39, 0.29) is 0 Å². The quantitative estimate of drug-likeness (QED) is 0.715. The van der Waals surface area contributed by atoms with E-state index in [4.69, 9.17) is 0 Å². The van der Waals surface area contributed by atoms with Crippen LogP contribution in [0.1, 0.15) is 19.5 Å². The van der Waals surface area contributed by atoms with Crippen LogP contribution in [-0.4, -0.2) is 4.98 Å². The number of nitrogens with zero attached hydrogens (tertiary/aromatic N) is 1. The summed E-state index contributed by atoms with van der Waals surface area (Å²) in [6, 6.07) is 7.44. The van der Waals surface area contributed by atoms with Gasteiger partial charge in [-0.05, 0) is 30.7 Å². The van der Waals surface area contributed by atoms with Gasteiger partial charge in [-0.1, -0.05) is 26.0 Å². The molecule has 1 nitrogen and oxygen atoms in total. The van der Waals surface area contributed by atoms with Crippen molar-refractivity contribution in [1.82, 2.24) is 4.98 Å². The van der Waals surface area contributed by atoms with E-state index in [0.29, 0.717) is 5.56 Å². The molecule has 0 unspecified atom stereocenters. The molecule has 0 amide bonds. The van der Waals surface area contributed by atoms with E-state index in [9.17, 15) is 8.78 Å². The number of rotatable bonds is 1. The third-order valence-electron chi connectivity index (χ3n) is 2.24. The Morgan fingerprint density at radius 2 is 1.71 bits per heavy atom. The number of pyridine rings is 1. The molecule has 0 radical (unpaired) electrons. The van der Waals surface area contributed by atoms with Gasteiger partial charge in [-0.2, -0.15) is 0 Å². The van der Waals surface area contributed by atoms with Gasteiger partial charge >= 0.3 is 0 Å². The molecular weight excluding hydrogens is 220 g/mol. The molecule has 0 saturated heterocycles. The van der Waals surface area contributed by atoms with Crippen LogP contribution < -0.4 is 0 Å². The van der Waals surface area contributed by atoms with Crippen molar-refractivity contribution in [3.05, 3.63) is 53.9 Å². The largest absolute Gasteiger partial charge is 0.261 e. The van der Waals surface area contributed by atoms with Crippen LogP contribution in [0, 0.1) is 18.6 Å². The first-order valence-corrected chi connectivity index (χ1v) is 5.55. The fraction of sp³-hybridized carbons (Fsp3) is 0.214. The summed E-state index contributed by atoms with van der Waals surface area (Å²) in [5.74, 6) is -1.67. The number of aromatic nitrogens is 1. The topological polar surface area (TPSA) is 12.9 Å². The predicted molar refractivity (Wildman–Crippen MR) is 65.7 cm³/mol. The average molecular weight is 235 g/mol. The lowest BCUT2D eigenvalue weighted by atomic mass is 10.0. The average Bonchev–Trinajstić information content (AvgIpc) is 2.36. The first kappa shape index (κ1) is 13.3. The van der Waals surface area contributed by atoms with Crippen molar-refractivity contribution in [3.63, 3.8) is 0 Å².